The highest BCUT2D eigenvalue weighted by Gasteiger charge is 2.27. The highest BCUT2D eigenvalue weighted by atomic mass is 32.2. The Morgan fingerprint density at radius 2 is 1.82 bits per heavy atom. The van der Waals surface area contributed by atoms with Crippen molar-refractivity contribution in [1.29, 1.82) is 0 Å². The molecule has 0 bridgehead atoms. The quantitative estimate of drug-likeness (QED) is 0.504. The number of fused-ring (bicyclic) bond motifs is 1. The number of aromatic nitrogens is 2. The third-order valence-corrected chi connectivity index (χ3v) is 9.07. The molecule has 2 aromatic heterocycles. The maximum Gasteiger partial charge on any atom is 0.243 e. The summed E-state index contributed by atoms with van der Waals surface area (Å²) in [6.07, 6.45) is 1.78. The number of hydrogen-bond donors (Lipinski definition) is 0. The molecule has 0 saturated carbocycles. The zero-order valence-corrected chi connectivity index (χ0v) is 21.2. The zero-order valence-electron chi connectivity index (χ0n) is 19.5. The van der Waals surface area contributed by atoms with Gasteiger partial charge in [0, 0.05) is 42.1 Å². The van der Waals surface area contributed by atoms with Crippen LogP contribution in [0.1, 0.15) is 42.9 Å². The molecule has 0 spiro atoms. The van der Waals surface area contributed by atoms with Crippen LogP contribution < -0.4 is 4.90 Å². The first-order valence-electron chi connectivity index (χ1n) is 11.3. The summed E-state index contributed by atoms with van der Waals surface area (Å²) in [4.78, 5) is 20.0. The Bertz CT molecular complexity index is 1250. The van der Waals surface area contributed by atoms with Gasteiger partial charge in [-0.2, -0.15) is 4.31 Å². The number of sulfonamides is 1. The molecule has 1 aliphatic rings. The lowest BCUT2D eigenvalue weighted by Crippen LogP contribution is -2.37. The van der Waals surface area contributed by atoms with Gasteiger partial charge in [-0.3, -0.25) is 9.36 Å². The van der Waals surface area contributed by atoms with Crippen LogP contribution in [-0.4, -0.2) is 47.8 Å². The van der Waals surface area contributed by atoms with E-state index in [-0.39, 0.29) is 12.3 Å². The fourth-order valence-electron chi connectivity index (χ4n) is 4.41. The van der Waals surface area contributed by atoms with E-state index in [1.165, 1.54) is 15.6 Å². The van der Waals surface area contributed by atoms with E-state index in [0.717, 1.165) is 46.3 Å². The Labute approximate surface area is 199 Å². The van der Waals surface area contributed by atoms with E-state index in [0.29, 0.717) is 24.5 Å². The predicted octanol–water partition coefficient (Wildman–Crippen LogP) is 4.10. The van der Waals surface area contributed by atoms with E-state index in [1.807, 2.05) is 33.1 Å². The number of aryl methyl sites for hydroxylation is 3. The van der Waals surface area contributed by atoms with Crippen molar-refractivity contribution in [3.05, 3.63) is 58.4 Å². The lowest BCUT2D eigenvalue weighted by atomic mass is 10.0. The first-order chi connectivity index (χ1) is 15.8. The van der Waals surface area contributed by atoms with Gasteiger partial charge in [0.2, 0.25) is 15.9 Å². The topological polar surface area (TPSA) is 75.5 Å². The van der Waals surface area contributed by atoms with Gasteiger partial charge in [-0.25, -0.2) is 13.4 Å². The minimum absolute atomic E-state index is 0.0203. The molecular formula is C24H30N4O3S2. The van der Waals surface area contributed by atoms with Crippen LogP contribution in [0, 0.1) is 13.8 Å². The first-order valence-corrected chi connectivity index (χ1v) is 13.6. The Kier molecular flexibility index (Phi) is 6.74. The summed E-state index contributed by atoms with van der Waals surface area (Å²) in [7, 11) is -3.53. The standard InChI is InChI=1S/C24H30N4O3S2/c1-5-26(6-2)33(30,31)21-11-12-22-19(14-21)8-7-13-27(22)23(29)15-20-16-32-24(25-20)28-17(3)9-10-18(28)4/h9-12,14,16H,5-8,13,15H2,1-4H3. The molecule has 0 radical (unpaired) electrons. The highest BCUT2D eigenvalue weighted by molar-refractivity contribution is 7.89. The van der Waals surface area contributed by atoms with E-state index in [2.05, 4.69) is 16.7 Å². The maximum atomic E-state index is 13.2. The second kappa shape index (κ2) is 9.40. The number of hydrogen-bond acceptors (Lipinski definition) is 5. The predicted molar refractivity (Wildman–Crippen MR) is 132 cm³/mol. The molecule has 0 atom stereocenters. The number of anilines is 1. The largest absolute Gasteiger partial charge is 0.312 e. The molecule has 0 aliphatic carbocycles. The van der Waals surface area contributed by atoms with Crippen LogP contribution in [0.5, 0.6) is 0 Å². The van der Waals surface area contributed by atoms with Crippen molar-refractivity contribution in [3.8, 4) is 5.13 Å². The van der Waals surface area contributed by atoms with Gasteiger partial charge < -0.3 is 4.90 Å². The van der Waals surface area contributed by atoms with E-state index in [9.17, 15) is 13.2 Å². The molecule has 3 heterocycles. The zero-order chi connectivity index (χ0) is 23.8. The Hall–Kier alpha value is -2.49. The summed E-state index contributed by atoms with van der Waals surface area (Å²) in [5, 5.41) is 2.81. The molecule has 7 nitrogen and oxygen atoms in total. The van der Waals surface area contributed by atoms with Crippen LogP contribution in [0.15, 0.2) is 40.6 Å². The molecule has 0 unspecified atom stereocenters. The van der Waals surface area contributed by atoms with Crippen molar-refractivity contribution < 1.29 is 13.2 Å². The molecule has 4 rings (SSSR count). The molecule has 0 saturated heterocycles. The molecule has 1 amide bonds. The fraction of sp³-hybridized carbons (Fsp3) is 0.417. The van der Waals surface area contributed by atoms with Crippen molar-refractivity contribution in [2.45, 2.75) is 51.9 Å². The number of rotatable bonds is 7. The summed E-state index contributed by atoms with van der Waals surface area (Å²) in [5.74, 6) is -0.0203. The fourth-order valence-corrected chi connectivity index (χ4v) is 6.86. The normalized spacial score (nSPS) is 14.0. The van der Waals surface area contributed by atoms with Gasteiger partial charge in [-0.1, -0.05) is 13.8 Å². The lowest BCUT2D eigenvalue weighted by Gasteiger charge is -2.30. The van der Waals surface area contributed by atoms with Gasteiger partial charge in [0.1, 0.15) is 0 Å². The van der Waals surface area contributed by atoms with Crippen molar-refractivity contribution in [2.75, 3.05) is 24.5 Å². The molecule has 3 aromatic rings. The number of thiazole rings is 1. The monoisotopic (exact) mass is 486 g/mol. The van der Waals surface area contributed by atoms with Crippen LogP contribution in [0.4, 0.5) is 5.69 Å². The Morgan fingerprint density at radius 1 is 1.12 bits per heavy atom. The van der Waals surface area contributed by atoms with E-state index in [4.69, 9.17) is 4.98 Å². The molecule has 0 fully saturated rings. The number of amides is 1. The highest BCUT2D eigenvalue weighted by Crippen LogP contribution is 2.31. The number of nitrogens with zero attached hydrogens (tertiary/aromatic N) is 4. The summed E-state index contributed by atoms with van der Waals surface area (Å²) in [6, 6.07) is 9.25. The third kappa shape index (κ3) is 4.49. The van der Waals surface area contributed by atoms with Crippen LogP contribution in [-0.2, 0) is 27.7 Å². The van der Waals surface area contributed by atoms with Gasteiger partial charge in [0.05, 0.1) is 17.0 Å². The van der Waals surface area contributed by atoms with Crippen molar-refractivity contribution in [2.24, 2.45) is 0 Å². The van der Waals surface area contributed by atoms with Crippen molar-refractivity contribution >= 4 is 33.0 Å². The van der Waals surface area contributed by atoms with Crippen LogP contribution in [0.25, 0.3) is 5.13 Å². The molecule has 1 aromatic carbocycles. The maximum absolute atomic E-state index is 13.2. The second-order valence-electron chi connectivity index (χ2n) is 8.28. The van der Waals surface area contributed by atoms with Crippen molar-refractivity contribution in [3.63, 3.8) is 0 Å². The average Bonchev–Trinajstić information content (AvgIpc) is 3.38. The smallest absolute Gasteiger partial charge is 0.243 e. The molecule has 9 heteroatoms. The summed E-state index contributed by atoms with van der Waals surface area (Å²) in [5.41, 5.74) is 4.68. The third-order valence-electron chi connectivity index (χ3n) is 6.15. The van der Waals surface area contributed by atoms with Crippen LogP contribution in [0.3, 0.4) is 0 Å². The van der Waals surface area contributed by atoms with Gasteiger partial charge in [-0.05, 0) is 62.6 Å². The van der Waals surface area contributed by atoms with E-state index < -0.39 is 10.0 Å². The minimum atomic E-state index is -3.53. The summed E-state index contributed by atoms with van der Waals surface area (Å²) >= 11 is 1.53. The molecule has 176 valence electrons. The molecular weight excluding hydrogens is 456 g/mol. The van der Waals surface area contributed by atoms with Gasteiger partial charge >= 0.3 is 0 Å². The SMILES string of the molecule is CCN(CC)S(=O)(=O)c1ccc2c(c1)CCCN2C(=O)Cc1csc(-n2c(C)ccc2C)n1. The minimum Gasteiger partial charge on any atom is -0.312 e. The van der Waals surface area contributed by atoms with E-state index >= 15 is 0 Å². The first kappa shape index (κ1) is 23.7. The van der Waals surface area contributed by atoms with Gasteiger partial charge in [0.15, 0.2) is 5.13 Å². The average molecular weight is 487 g/mol. The summed E-state index contributed by atoms with van der Waals surface area (Å²) < 4.78 is 29.4. The van der Waals surface area contributed by atoms with Crippen LogP contribution in [0.2, 0.25) is 0 Å². The Morgan fingerprint density at radius 3 is 2.48 bits per heavy atom. The van der Waals surface area contributed by atoms with Crippen LogP contribution >= 0.6 is 11.3 Å². The molecule has 0 N–H and O–H groups in total. The molecule has 33 heavy (non-hydrogen) atoms. The molecule has 1 aliphatic heterocycles. The van der Waals surface area contributed by atoms with Gasteiger partial charge in [0.25, 0.3) is 0 Å². The Balaban J connectivity index is 1.56. The van der Waals surface area contributed by atoms with Crippen molar-refractivity contribution in [1.82, 2.24) is 13.9 Å². The lowest BCUT2D eigenvalue weighted by molar-refractivity contribution is -0.118. The summed E-state index contributed by atoms with van der Waals surface area (Å²) in [6.45, 7) is 9.24. The number of carbonyl (C=O) groups excluding carboxylic acids is 1. The van der Waals surface area contributed by atoms with E-state index in [1.54, 1.807) is 23.1 Å². The second-order valence-corrected chi connectivity index (χ2v) is 11.1. The number of carbonyl (C=O) groups is 1. The number of benzene rings is 1. The van der Waals surface area contributed by atoms with Gasteiger partial charge in [-0.15, -0.1) is 11.3 Å².